The van der Waals surface area contributed by atoms with Crippen LogP contribution in [0.3, 0.4) is 0 Å². The van der Waals surface area contributed by atoms with Crippen LogP contribution < -0.4 is 9.47 Å². The SMILES string of the molecule is CC/C(=C(/c1ccc(OCCN(C)C)cc1)c1ccc(OC(=O)CC(O)(CC(=O)O)C(=O)O)cc1)c1ccccc1. The van der Waals surface area contributed by atoms with Crippen LogP contribution in [0, 0.1) is 0 Å². The van der Waals surface area contributed by atoms with Gasteiger partial charge < -0.3 is 29.7 Å². The average molecular weight is 562 g/mol. The normalized spacial score (nSPS) is 13.2. The number of aliphatic carboxylic acids is 2. The second kappa shape index (κ2) is 14.2. The fourth-order valence-electron chi connectivity index (χ4n) is 4.30. The molecule has 0 bridgehead atoms. The summed E-state index contributed by atoms with van der Waals surface area (Å²) in [5.74, 6) is -3.54. The quantitative estimate of drug-likeness (QED) is 0.147. The lowest BCUT2D eigenvalue weighted by Crippen LogP contribution is -2.43. The second-order valence-corrected chi connectivity index (χ2v) is 9.83. The van der Waals surface area contributed by atoms with Crippen molar-refractivity contribution in [1.29, 1.82) is 0 Å². The van der Waals surface area contributed by atoms with E-state index in [2.05, 4.69) is 19.1 Å². The minimum atomic E-state index is -2.77. The average Bonchev–Trinajstić information content (AvgIpc) is 2.92. The molecular weight excluding hydrogens is 526 g/mol. The molecule has 0 aliphatic rings. The molecule has 3 rings (SSSR count). The molecule has 0 radical (unpaired) electrons. The monoisotopic (exact) mass is 561 g/mol. The van der Waals surface area contributed by atoms with Crippen molar-refractivity contribution in [3.05, 3.63) is 95.6 Å². The highest BCUT2D eigenvalue weighted by Gasteiger charge is 2.41. The smallest absolute Gasteiger partial charge is 0.336 e. The van der Waals surface area contributed by atoms with Crippen molar-refractivity contribution in [2.75, 3.05) is 27.2 Å². The number of hydrogen-bond donors (Lipinski definition) is 3. The van der Waals surface area contributed by atoms with Crippen molar-refractivity contribution in [2.45, 2.75) is 31.8 Å². The molecule has 0 aliphatic heterocycles. The third kappa shape index (κ3) is 8.76. The van der Waals surface area contributed by atoms with Gasteiger partial charge in [0.25, 0.3) is 0 Å². The van der Waals surface area contributed by atoms with Crippen molar-refractivity contribution in [2.24, 2.45) is 0 Å². The number of carboxylic acids is 2. The van der Waals surface area contributed by atoms with Gasteiger partial charge in [0, 0.05) is 6.54 Å². The molecular formula is C32H35NO8. The zero-order valence-corrected chi connectivity index (χ0v) is 23.4. The molecule has 216 valence electrons. The van der Waals surface area contributed by atoms with Gasteiger partial charge in [-0.15, -0.1) is 0 Å². The third-order valence-electron chi connectivity index (χ3n) is 6.38. The van der Waals surface area contributed by atoms with Gasteiger partial charge in [-0.3, -0.25) is 9.59 Å². The van der Waals surface area contributed by atoms with Crippen molar-refractivity contribution in [3.63, 3.8) is 0 Å². The molecule has 3 aromatic carbocycles. The van der Waals surface area contributed by atoms with E-state index in [1.54, 1.807) is 24.3 Å². The summed E-state index contributed by atoms with van der Waals surface area (Å²) in [7, 11) is 3.97. The third-order valence-corrected chi connectivity index (χ3v) is 6.38. The van der Waals surface area contributed by atoms with Crippen molar-refractivity contribution in [1.82, 2.24) is 4.90 Å². The number of aliphatic hydroxyl groups is 1. The Morgan fingerprint density at radius 3 is 1.83 bits per heavy atom. The molecule has 0 aromatic heterocycles. The fourth-order valence-corrected chi connectivity index (χ4v) is 4.30. The Kier molecular flexibility index (Phi) is 10.8. The van der Waals surface area contributed by atoms with Gasteiger partial charge in [0.1, 0.15) is 18.1 Å². The van der Waals surface area contributed by atoms with E-state index < -0.39 is 36.4 Å². The number of rotatable bonds is 14. The molecule has 0 aliphatic carbocycles. The van der Waals surface area contributed by atoms with Crippen molar-refractivity contribution < 1.29 is 39.2 Å². The highest BCUT2D eigenvalue weighted by atomic mass is 16.5. The summed E-state index contributed by atoms with van der Waals surface area (Å²) >= 11 is 0. The number of esters is 1. The molecule has 41 heavy (non-hydrogen) atoms. The Balaban J connectivity index is 1.91. The molecule has 3 N–H and O–H groups in total. The van der Waals surface area contributed by atoms with E-state index >= 15 is 0 Å². The largest absolute Gasteiger partial charge is 0.492 e. The van der Waals surface area contributed by atoms with Gasteiger partial charge in [0.2, 0.25) is 0 Å². The van der Waals surface area contributed by atoms with Crippen LogP contribution in [0.5, 0.6) is 11.5 Å². The molecule has 1 atom stereocenters. The Morgan fingerprint density at radius 1 is 0.780 bits per heavy atom. The molecule has 0 spiro atoms. The van der Waals surface area contributed by atoms with E-state index in [9.17, 15) is 24.6 Å². The summed E-state index contributed by atoms with van der Waals surface area (Å²) in [6.07, 6.45) is -1.41. The summed E-state index contributed by atoms with van der Waals surface area (Å²) in [4.78, 5) is 36.8. The molecule has 1 unspecified atom stereocenters. The van der Waals surface area contributed by atoms with Crippen LogP contribution in [0.1, 0.15) is 42.9 Å². The molecule has 0 heterocycles. The topological polar surface area (TPSA) is 134 Å². The number of carboxylic acid groups (broad SMARTS) is 2. The first kappa shape index (κ1) is 31.1. The highest BCUT2D eigenvalue weighted by molar-refractivity contribution is 5.98. The first-order valence-electron chi connectivity index (χ1n) is 13.2. The predicted octanol–water partition coefficient (Wildman–Crippen LogP) is 4.58. The van der Waals surface area contributed by atoms with Gasteiger partial charge in [-0.05, 0) is 72.6 Å². The Labute approximate surface area is 239 Å². The number of hydrogen-bond acceptors (Lipinski definition) is 7. The van der Waals surface area contributed by atoms with Gasteiger partial charge in [-0.2, -0.15) is 0 Å². The maximum atomic E-state index is 12.4. The maximum Gasteiger partial charge on any atom is 0.336 e. The lowest BCUT2D eigenvalue weighted by Gasteiger charge is -2.20. The number of ether oxygens (including phenoxy) is 2. The minimum absolute atomic E-state index is 0.128. The number of likely N-dealkylation sites (N-methyl/N-ethyl adjacent to an activating group) is 1. The van der Waals surface area contributed by atoms with Gasteiger partial charge in [-0.1, -0.05) is 61.5 Å². The number of carbonyl (C=O) groups excluding carboxylic acids is 1. The molecule has 9 heteroatoms. The van der Waals surface area contributed by atoms with Crippen LogP contribution in [-0.2, 0) is 14.4 Å². The van der Waals surface area contributed by atoms with Gasteiger partial charge in [0.05, 0.1) is 12.8 Å². The van der Waals surface area contributed by atoms with Crippen LogP contribution in [0.2, 0.25) is 0 Å². The first-order valence-corrected chi connectivity index (χ1v) is 13.2. The number of nitrogens with zero attached hydrogens (tertiary/aromatic N) is 1. The van der Waals surface area contributed by atoms with Crippen LogP contribution in [0.4, 0.5) is 0 Å². The van der Waals surface area contributed by atoms with Crippen LogP contribution in [0.25, 0.3) is 11.1 Å². The van der Waals surface area contributed by atoms with Crippen LogP contribution in [0.15, 0.2) is 78.9 Å². The Morgan fingerprint density at radius 2 is 1.34 bits per heavy atom. The van der Waals surface area contributed by atoms with Crippen LogP contribution in [-0.4, -0.2) is 71.0 Å². The van der Waals surface area contributed by atoms with Gasteiger partial charge in [0.15, 0.2) is 5.60 Å². The Bertz CT molecular complexity index is 1370. The standard InChI is InChI=1S/C32H35NO8/c1-4-27(22-8-6-5-7-9-22)30(23-10-14-25(15-11-23)40-19-18-33(2)3)24-12-16-26(17-13-24)41-29(36)21-32(39,31(37)38)20-28(34)35/h5-17,39H,4,18-21H2,1-3H3,(H,34,35)(H,37,38)/b30-27+. The maximum absolute atomic E-state index is 12.4. The van der Waals surface area contributed by atoms with Crippen molar-refractivity contribution >= 4 is 29.1 Å². The first-order chi connectivity index (χ1) is 19.5. The molecule has 0 amide bonds. The summed E-state index contributed by atoms with van der Waals surface area (Å²) in [5.41, 5.74) is 2.22. The molecule has 0 fully saturated rings. The summed E-state index contributed by atoms with van der Waals surface area (Å²) in [5, 5.41) is 28.3. The molecule has 0 saturated carbocycles. The predicted molar refractivity (Wildman–Crippen MR) is 155 cm³/mol. The van der Waals surface area contributed by atoms with Gasteiger partial charge in [-0.25, -0.2) is 4.79 Å². The molecule has 9 nitrogen and oxygen atoms in total. The summed E-state index contributed by atoms with van der Waals surface area (Å²) in [6, 6.07) is 24.6. The van der Waals surface area contributed by atoms with Crippen LogP contribution >= 0.6 is 0 Å². The van der Waals surface area contributed by atoms with E-state index in [1.807, 2.05) is 61.5 Å². The van der Waals surface area contributed by atoms with E-state index in [4.69, 9.17) is 14.6 Å². The second-order valence-electron chi connectivity index (χ2n) is 9.83. The zero-order chi connectivity index (χ0) is 30.0. The fraction of sp³-hybridized carbons (Fsp3) is 0.281. The zero-order valence-electron chi connectivity index (χ0n) is 23.4. The molecule has 3 aromatic rings. The minimum Gasteiger partial charge on any atom is -0.492 e. The number of carbonyl (C=O) groups is 3. The summed E-state index contributed by atoms with van der Waals surface area (Å²) < 4.78 is 11.1. The summed E-state index contributed by atoms with van der Waals surface area (Å²) in [6.45, 7) is 3.45. The van der Waals surface area contributed by atoms with E-state index in [1.165, 1.54) is 0 Å². The molecule has 0 saturated heterocycles. The lowest BCUT2D eigenvalue weighted by molar-refractivity contribution is -0.169. The van der Waals surface area contributed by atoms with E-state index in [-0.39, 0.29) is 5.75 Å². The Hall–Kier alpha value is -4.47. The van der Waals surface area contributed by atoms with Gasteiger partial charge >= 0.3 is 17.9 Å². The number of allylic oxidation sites excluding steroid dienone is 1. The number of benzene rings is 3. The van der Waals surface area contributed by atoms with E-state index in [0.717, 1.165) is 46.6 Å². The lowest BCUT2D eigenvalue weighted by atomic mass is 9.88. The van der Waals surface area contributed by atoms with E-state index in [0.29, 0.717) is 6.61 Å². The van der Waals surface area contributed by atoms with Crippen molar-refractivity contribution in [3.8, 4) is 11.5 Å². The highest BCUT2D eigenvalue weighted by Crippen LogP contribution is 2.35.